The number of nitrogens with zero attached hydrogens (tertiary/aromatic N) is 3. The van der Waals surface area contributed by atoms with Crippen LogP contribution in [0.25, 0.3) is 11.2 Å². The van der Waals surface area contributed by atoms with Gasteiger partial charge in [-0.05, 0) is 24.8 Å². The first-order valence-corrected chi connectivity index (χ1v) is 6.28. The van der Waals surface area contributed by atoms with Crippen LogP contribution in [0.4, 0.5) is 0 Å². The van der Waals surface area contributed by atoms with Gasteiger partial charge in [-0.2, -0.15) is 4.98 Å². The second-order valence-electron chi connectivity index (χ2n) is 4.99. The molecule has 17 heavy (non-hydrogen) atoms. The van der Waals surface area contributed by atoms with Crippen LogP contribution in [0.1, 0.15) is 38.6 Å². The Morgan fingerprint density at radius 3 is 2.94 bits per heavy atom. The minimum atomic E-state index is 0.0720. The van der Waals surface area contributed by atoms with Gasteiger partial charge < -0.3 is 9.67 Å². The lowest BCUT2D eigenvalue weighted by molar-refractivity contribution is 0.261. The Bertz CT molecular complexity index is 534. The highest BCUT2D eigenvalue weighted by Gasteiger charge is 2.24. The molecule has 0 aliphatic heterocycles. The molecule has 3 rings (SSSR count). The van der Waals surface area contributed by atoms with Gasteiger partial charge in [0.1, 0.15) is 5.52 Å². The van der Waals surface area contributed by atoms with Crippen molar-refractivity contribution in [3.8, 4) is 5.88 Å². The minimum Gasteiger partial charge on any atom is -0.493 e. The summed E-state index contributed by atoms with van der Waals surface area (Å²) in [6.45, 7) is 2.29. The number of rotatable bonds is 1. The van der Waals surface area contributed by atoms with Gasteiger partial charge in [0.25, 0.3) is 0 Å². The lowest BCUT2D eigenvalue weighted by Crippen LogP contribution is -2.20. The van der Waals surface area contributed by atoms with E-state index in [1.54, 1.807) is 6.07 Å². The molecular formula is C13H17N3O. The molecule has 0 amide bonds. The maximum absolute atomic E-state index is 9.49. The van der Waals surface area contributed by atoms with Crippen molar-refractivity contribution in [2.75, 3.05) is 0 Å². The first-order valence-electron chi connectivity index (χ1n) is 6.28. The normalized spacial score (nSPS) is 25.2. The second-order valence-corrected chi connectivity index (χ2v) is 4.99. The molecule has 2 unspecified atom stereocenters. The Morgan fingerprint density at radius 2 is 2.12 bits per heavy atom. The van der Waals surface area contributed by atoms with Gasteiger partial charge in [0.05, 0.1) is 6.33 Å². The molecule has 2 aromatic heterocycles. The van der Waals surface area contributed by atoms with E-state index in [1.807, 2.05) is 12.4 Å². The van der Waals surface area contributed by atoms with Crippen molar-refractivity contribution < 1.29 is 5.11 Å². The summed E-state index contributed by atoms with van der Waals surface area (Å²) in [5.41, 5.74) is 1.67. The standard InChI is InChI=1S/C13H17N3O/c1-9-4-2-3-5-11(9)16-8-14-10-6-7-12(17)15-13(10)16/h6-9,11H,2-5H2,1H3,(H,15,17). The van der Waals surface area contributed by atoms with Crippen LogP contribution in [0.15, 0.2) is 18.5 Å². The van der Waals surface area contributed by atoms with Crippen LogP contribution >= 0.6 is 0 Å². The van der Waals surface area contributed by atoms with E-state index in [2.05, 4.69) is 21.5 Å². The highest BCUT2D eigenvalue weighted by Crippen LogP contribution is 2.35. The summed E-state index contributed by atoms with van der Waals surface area (Å²) in [4.78, 5) is 8.56. The van der Waals surface area contributed by atoms with Crippen LogP contribution in [0, 0.1) is 5.92 Å². The monoisotopic (exact) mass is 231 g/mol. The van der Waals surface area contributed by atoms with Crippen LogP contribution in [-0.4, -0.2) is 19.6 Å². The van der Waals surface area contributed by atoms with Gasteiger partial charge in [0.15, 0.2) is 5.65 Å². The Hall–Kier alpha value is -1.58. The average molecular weight is 231 g/mol. The molecule has 2 aromatic rings. The first-order chi connectivity index (χ1) is 8.25. The van der Waals surface area contributed by atoms with Gasteiger partial charge in [-0.1, -0.05) is 19.8 Å². The molecule has 1 N–H and O–H groups in total. The van der Waals surface area contributed by atoms with Crippen LogP contribution in [-0.2, 0) is 0 Å². The Labute approximate surface area is 100 Å². The third-order valence-corrected chi connectivity index (χ3v) is 3.83. The Morgan fingerprint density at radius 1 is 1.29 bits per heavy atom. The summed E-state index contributed by atoms with van der Waals surface area (Å²) in [5, 5.41) is 9.49. The number of hydrogen-bond donors (Lipinski definition) is 1. The molecule has 0 saturated heterocycles. The molecule has 4 heteroatoms. The third kappa shape index (κ3) is 1.77. The van der Waals surface area contributed by atoms with Gasteiger partial charge >= 0.3 is 0 Å². The quantitative estimate of drug-likeness (QED) is 0.821. The topological polar surface area (TPSA) is 50.9 Å². The molecule has 2 atom stereocenters. The van der Waals surface area contributed by atoms with Crippen molar-refractivity contribution in [3.05, 3.63) is 18.5 Å². The number of pyridine rings is 1. The summed E-state index contributed by atoms with van der Waals surface area (Å²) in [5.74, 6) is 0.730. The molecule has 0 aromatic carbocycles. The van der Waals surface area contributed by atoms with Crippen molar-refractivity contribution in [1.82, 2.24) is 14.5 Å². The molecule has 1 saturated carbocycles. The molecule has 90 valence electrons. The van der Waals surface area contributed by atoms with Gasteiger partial charge in [0.2, 0.25) is 5.88 Å². The lowest BCUT2D eigenvalue weighted by atomic mass is 9.86. The average Bonchev–Trinajstić information content (AvgIpc) is 2.72. The maximum atomic E-state index is 9.49. The van der Waals surface area contributed by atoms with E-state index in [4.69, 9.17) is 0 Å². The van der Waals surface area contributed by atoms with Crippen molar-refractivity contribution in [2.45, 2.75) is 38.6 Å². The van der Waals surface area contributed by atoms with Gasteiger partial charge in [0, 0.05) is 12.1 Å². The molecule has 2 heterocycles. The predicted molar refractivity (Wildman–Crippen MR) is 65.9 cm³/mol. The van der Waals surface area contributed by atoms with E-state index in [9.17, 15) is 5.11 Å². The van der Waals surface area contributed by atoms with Crippen molar-refractivity contribution in [2.24, 2.45) is 5.92 Å². The molecule has 1 fully saturated rings. The van der Waals surface area contributed by atoms with Crippen LogP contribution < -0.4 is 0 Å². The van der Waals surface area contributed by atoms with E-state index in [1.165, 1.54) is 25.7 Å². The zero-order valence-corrected chi connectivity index (χ0v) is 10.0. The number of imidazole rings is 1. The van der Waals surface area contributed by atoms with E-state index < -0.39 is 0 Å². The lowest BCUT2D eigenvalue weighted by Gasteiger charge is -2.29. The van der Waals surface area contributed by atoms with Crippen LogP contribution in [0.2, 0.25) is 0 Å². The largest absolute Gasteiger partial charge is 0.493 e. The summed E-state index contributed by atoms with van der Waals surface area (Å²) >= 11 is 0. The fourth-order valence-corrected chi connectivity index (χ4v) is 2.85. The summed E-state index contributed by atoms with van der Waals surface area (Å²) in [6.07, 6.45) is 6.91. The maximum Gasteiger partial charge on any atom is 0.212 e. The Kier molecular flexibility index (Phi) is 2.50. The smallest absolute Gasteiger partial charge is 0.212 e. The molecule has 1 aliphatic carbocycles. The number of fused-ring (bicyclic) bond motifs is 1. The van der Waals surface area contributed by atoms with Gasteiger partial charge in [-0.15, -0.1) is 0 Å². The molecule has 0 spiro atoms. The number of aromatic hydroxyl groups is 1. The van der Waals surface area contributed by atoms with Crippen molar-refractivity contribution in [3.63, 3.8) is 0 Å². The SMILES string of the molecule is CC1CCCCC1n1cnc2ccc(O)nc21. The minimum absolute atomic E-state index is 0.0720. The molecule has 4 nitrogen and oxygen atoms in total. The Balaban J connectivity index is 2.07. The molecule has 0 radical (unpaired) electrons. The highest BCUT2D eigenvalue weighted by molar-refractivity contribution is 5.71. The zero-order valence-electron chi connectivity index (χ0n) is 10.0. The van der Waals surface area contributed by atoms with Crippen molar-refractivity contribution in [1.29, 1.82) is 0 Å². The number of aromatic nitrogens is 3. The fraction of sp³-hybridized carbons (Fsp3) is 0.538. The second kappa shape index (κ2) is 4.02. The molecule has 0 bridgehead atoms. The van der Waals surface area contributed by atoms with Gasteiger partial charge in [-0.3, -0.25) is 0 Å². The van der Waals surface area contributed by atoms with Crippen molar-refractivity contribution >= 4 is 11.2 Å². The summed E-state index contributed by atoms with van der Waals surface area (Å²) < 4.78 is 2.14. The fourth-order valence-electron chi connectivity index (χ4n) is 2.85. The molecular weight excluding hydrogens is 214 g/mol. The van der Waals surface area contributed by atoms with Crippen LogP contribution in [0.3, 0.4) is 0 Å². The van der Waals surface area contributed by atoms with E-state index >= 15 is 0 Å². The van der Waals surface area contributed by atoms with E-state index in [0.717, 1.165) is 11.2 Å². The van der Waals surface area contributed by atoms with Crippen LogP contribution in [0.5, 0.6) is 5.88 Å². The predicted octanol–water partition coefficient (Wildman–Crippen LogP) is 2.89. The first kappa shape index (κ1) is 10.6. The highest BCUT2D eigenvalue weighted by atomic mass is 16.3. The third-order valence-electron chi connectivity index (χ3n) is 3.83. The molecule has 1 aliphatic rings. The van der Waals surface area contributed by atoms with E-state index in [0.29, 0.717) is 12.0 Å². The number of hydrogen-bond acceptors (Lipinski definition) is 3. The summed E-state index contributed by atoms with van der Waals surface area (Å²) in [7, 11) is 0. The summed E-state index contributed by atoms with van der Waals surface area (Å²) in [6, 6.07) is 3.88. The van der Waals surface area contributed by atoms with Gasteiger partial charge in [-0.25, -0.2) is 4.98 Å². The zero-order chi connectivity index (χ0) is 11.8. The van der Waals surface area contributed by atoms with E-state index in [-0.39, 0.29) is 5.88 Å².